The van der Waals surface area contributed by atoms with Gasteiger partial charge in [-0.2, -0.15) is 0 Å². The molecule has 0 saturated heterocycles. The molecule has 0 saturated carbocycles. The van der Waals surface area contributed by atoms with Gasteiger partial charge in [-0.05, 0) is 30.2 Å². The van der Waals surface area contributed by atoms with Gasteiger partial charge < -0.3 is 9.47 Å². The van der Waals surface area contributed by atoms with Crippen LogP contribution in [0.1, 0.15) is 12.5 Å². The third kappa shape index (κ3) is 4.09. The first-order valence-corrected chi connectivity index (χ1v) is 5.30. The predicted molar refractivity (Wildman–Crippen MR) is 67.2 cm³/mol. The number of benzene rings is 1. The molecule has 0 bridgehead atoms. The largest absolute Gasteiger partial charge is 0.493 e. The summed E-state index contributed by atoms with van der Waals surface area (Å²) in [6.07, 6.45) is 3.66. The second-order valence-electron chi connectivity index (χ2n) is 3.16. The summed E-state index contributed by atoms with van der Waals surface area (Å²) in [6, 6.07) is 5.64. The summed E-state index contributed by atoms with van der Waals surface area (Å²) in [4.78, 5) is 2.67. The highest BCUT2D eigenvalue weighted by Gasteiger charge is 2.03. The Balaban J connectivity index is 2.83. The minimum atomic E-state index is 0.340. The molecule has 0 heterocycles. The van der Waals surface area contributed by atoms with Crippen LogP contribution in [0.4, 0.5) is 0 Å². The number of rotatable bonds is 6. The second kappa shape index (κ2) is 7.19. The SMILES string of the molecule is CCOc1cc(C=CCN=[N+]=[N-])ccc1OC. The molecule has 0 N–H and O–H groups in total. The molecule has 0 aromatic heterocycles. The number of ether oxygens (including phenoxy) is 2. The quantitative estimate of drug-likeness (QED) is 0.429. The van der Waals surface area contributed by atoms with E-state index in [-0.39, 0.29) is 0 Å². The summed E-state index contributed by atoms with van der Waals surface area (Å²) in [5.41, 5.74) is 9.11. The van der Waals surface area contributed by atoms with Gasteiger partial charge in [-0.15, -0.1) is 0 Å². The average Bonchev–Trinajstić information content (AvgIpc) is 2.35. The maximum absolute atomic E-state index is 8.13. The first-order chi connectivity index (χ1) is 8.31. The Labute approximate surface area is 100 Å². The molecule has 0 amide bonds. The predicted octanol–water partition coefficient (Wildman–Crippen LogP) is 3.42. The van der Waals surface area contributed by atoms with Gasteiger partial charge in [0, 0.05) is 11.5 Å². The van der Waals surface area contributed by atoms with Crippen molar-refractivity contribution in [3.05, 3.63) is 40.3 Å². The zero-order chi connectivity index (χ0) is 12.5. The summed E-state index contributed by atoms with van der Waals surface area (Å²) in [5.74, 6) is 1.42. The summed E-state index contributed by atoms with van der Waals surface area (Å²) in [5, 5.41) is 3.42. The van der Waals surface area contributed by atoms with E-state index in [1.54, 1.807) is 13.2 Å². The molecule has 0 unspecified atom stereocenters. The van der Waals surface area contributed by atoms with E-state index in [1.807, 2.05) is 31.2 Å². The number of methoxy groups -OCH3 is 1. The van der Waals surface area contributed by atoms with Gasteiger partial charge in [-0.3, -0.25) is 0 Å². The van der Waals surface area contributed by atoms with Gasteiger partial charge in [-0.1, -0.05) is 23.3 Å². The lowest BCUT2D eigenvalue weighted by Gasteiger charge is -2.09. The Morgan fingerprint density at radius 1 is 1.41 bits per heavy atom. The van der Waals surface area contributed by atoms with E-state index >= 15 is 0 Å². The van der Waals surface area contributed by atoms with Gasteiger partial charge in [0.25, 0.3) is 0 Å². The van der Waals surface area contributed by atoms with Crippen LogP contribution in [-0.2, 0) is 0 Å². The number of hydrogen-bond donors (Lipinski definition) is 0. The molecule has 5 nitrogen and oxygen atoms in total. The Morgan fingerprint density at radius 3 is 2.88 bits per heavy atom. The van der Waals surface area contributed by atoms with Crippen LogP contribution >= 0.6 is 0 Å². The molecule has 17 heavy (non-hydrogen) atoms. The highest BCUT2D eigenvalue weighted by molar-refractivity contribution is 5.56. The van der Waals surface area contributed by atoms with Crippen molar-refractivity contribution in [1.29, 1.82) is 0 Å². The maximum Gasteiger partial charge on any atom is 0.161 e. The monoisotopic (exact) mass is 233 g/mol. The molecular formula is C12H15N3O2. The van der Waals surface area contributed by atoms with Crippen molar-refractivity contribution < 1.29 is 9.47 Å². The summed E-state index contributed by atoms with van der Waals surface area (Å²) >= 11 is 0. The lowest BCUT2D eigenvalue weighted by Crippen LogP contribution is -1.95. The summed E-state index contributed by atoms with van der Waals surface area (Å²) in [7, 11) is 1.61. The average molecular weight is 233 g/mol. The van der Waals surface area contributed by atoms with Crippen molar-refractivity contribution in [2.75, 3.05) is 20.3 Å². The number of hydrogen-bond acceptors (Lipinski definition) is 3. The first kappa shape index (κ1) is 12.9. The summed E-state index contributed by atoms with van der Waals surface area (Å²) < 4.78 is 10.6. The van der Waals surface area contributed by atoms with Crippen LogP contribution in [0.25, 0.3) is 16.5 Å². The smallest absolute Gasteiger partial charge is 0.161 e. The molecule has 1 aromatic rings. The highest BCUT2D eigenvalue weighted by Crippen LogP contribution is 2.28. The fraction of sp³-hybridized carbons (Fsp3) is 0.333. The van der Waals surface area contributed by atoms with Gasteiger partial charge in [0.2, 0.25) is 0 Å². The number of azide groups is 1. The molecule has 0 aliphatic carbocycles. The lowest BCUT2D eigenvalue weighted by molar-refractivity contribution is 0.311. The molecule has 0 radical (unpaired) electrons. The van der Waals surface area contributed by atoms with Crippen LogP contribution in [0, 0.1) is 0 Å². The Bertz CT molecular complexity index is 437. The van der Waals surface area contributed by atoms with E-state index in [4.69, 9.17) is 15.0 Å². The van der Waals surface area contributed by atoms with Crippen LogP contribution in [0.3, 0.4) is 0 Å². The molecule has 0 spiro atoms. The van der Waals surface area contributed by atoms with Crippen molar-refractivity contribution in [2.45, 2.75) is 6.92 Å². The first-order valence-electron chi connectivity index (χ1n) is 5.30. The molecule has 0 atom stereocenters. The van der Waals surface area contributed by atoms with Gasteiger partial charge in [-0.25, -0.2) is 0 Å². The van der Waals surface area contributed by atoms with Crippen molar-refractivity contribution in [1.82, 2.24) is 0 Å². The van der Waals surface area contributed by atoms with Crippen LogP contribution in [0.5, 0.6) is 11.5 Å². The molecule has 0 aliphatic rings. The third-order valence-corrected chi connectivity index (χ3v) is 2.05. The topological polar surface area (TPSA) is 67.2 Å². The van der Waals surface area contributed by atoms with Gasteiger partial charge in [0.05, 0.1) is 13.7 Å². The Morgan fingerprint density at radius 2 is 2.24 bits per heavy atom. The van der Waals surface area contributed by atoms with Crippen molar-refractivity contribution in [2.24, 2.45) is 5.11 Å². The van der Waals surface area contributed by atoms with Crippen molar-refractivity contribution in [3.8, 4) is 11.5 Å². The van der Waals surface area contributed by atoms with Crippen LogP contribution < -0.4 is 9.47 Å². The van der Waals surface area contributed by atoms with Crippen LogP contribution in [-0.4, -0.2) is 20.3 Å². The summed E-state index contributed by atoms with van der Waals surface area (Å²) in [6.45, 7) is 2.85. The standard InChI is InChI=1S/C12H15N3O2/c1-3-17-12-9-10(5-4-8-14-15-13)6-7-11(12)16-2/h4-7,9H,3,8H2,1-2H3. The van der Waals surface area contributed by atoms with E-state index < -0.39 is 0 Å². The van der Waals surface area contributed by atoms with Crippen molar-refractivity contribution in [3.63, 3.8) is 0 Å². The number of nitrogens with zero attached hydrogens (tertiary/aromatic N) is 3. The zero-order valence-corrected chi connectivity index (χ0v) is 9.96. The second-order valence-corrected chi connectivity index (χ2v) is 3.16. The normalized spacial score (nSPS) is 10.0. The molecule has 1 aromatic carbocycles. The molecule has 5 heteroatoms. The third-order valence-electron chi connectivity index (χ3n) is 2.05. The van der Waals surface area contributed by atoms with Crippen LogP contribution in [0.2, 0.25) is 0 Å². The van der Waals surface area contributed by atoms with E-state index in [1.165, 1.54) is 0 Å². The van der Waals surface area contributed by atoms with Gasteiger partial charge in [0.15, 0.2) is 11.5 Å². The van der Waals surface area contributed by atoms with E-state index in [0.29, 0.717) is 24.7 Å². The lowest BCUT2D eigenvalue weighted by atomic mass is 10.2. The fourth-order valence-corrected chi connectivity index (χ4v) is 1.34. The molecule has 1 rings (SSSR count). The molecule has 90 valence electrons. The van der Waals surface area contributed by atoms with E-state index in [9.17, 15) is 0 Å². The zero-order valence-electron chi connectivity index (χ0n) is 9.96. The highest BCUT2D eigenvalue weighted by atomic mass is 16.5. The maximum atomic E-state index is 8.13. The Kier molecular flexibility index (Phi) is 5.47. The Hall–Kier alpha value is -2.13. The molecule has 0 aliphatic heterocycles. The van der Waals surface area contributed by atoms with E-state index in [2.05, 4.69) is 10.0 Å². The van der Waals surface area contributed by atoms with Crippen LogP contribution in [0.15, 0.2) is 29.4 Å². The van der Waals surface area contributed by atoms with E-state index in [0.717, 1.165) is 5.56 Å². The molecular weight excluding hydrogens is 218 g/mol. The van der Waals surface area contributed by atoms with Gasteiger partial charge >= 0.3 is 0 Å². The minimum Gasteiger partial charge on any atom is -0.493 e. The molecule has 0 fully saturated rings. The van der Waals surface area contributed by atoms with Gasteiger partial charge in [0.1, 0.15) is 0 Å². The minimum absolute atomic E-state index is 0.340. The van der Waals surface area contributed by atoms with Crippen molar-refractivity contribution >= 4 is 6.08 Å². The fourth-order valence-electron chi connectivity index (χ4n) is 1.34.